The van der Waals surface area contributed by atoms with Crippen LogP contribution < -0.4 is 4.74 Å². The Labute approximate surface area is 230 Å². The van der Waals surface area contributed by atoms with Crippen LogP contribution in [0, 0.1) is 17.1 Å². The third-order valence-corrected chi connectivity index (χ3v) is 7.70. The summed E-state index contributed by atoms with van der Waals surface area (Å²) in [7, 11) is 0. The topological polar surface area (TPSA) is 118 Å². The van der Waals surface area contributed by atoms with E-state index < -0.39 is 11.8 Å². The number of hydrogen-bond acceptors (Lipinski definition) is 7. The molecule has 0 radical (unpaired) electrons. The van der Waals surface area contributed by atoms with Crippen LogP contribution in [0.5, 0.6) is 5.88 Å². The number of halogens is 1. The van der Waals surface area contributed by atoms with Gasteiger partial charge in [0.1, 0.15) is 18.1 Å². The molecule has 0 aliphatic carbocycles. The molecule has 6 rings (SSSR count). The average Bonchev–Trinajstić information content (AvgIpc) is 3.49. The molecule has 0 amide bonds. The Morgan fingerprint density at radius 1 is 1.20 bits per heavy atom. The number of hydrogen-bond donors (Lipinski definition) is 1. The number of carboxylic acid groups (broad SMARTS) is 1. The Bertz CT molecular complexity index is 1580. The second-order valence-electron chi connectivity index (χ2n) is 10.3. The number of aromatic nitrogens is 4. The fourth-order valence-electron chi connectivity index (χ4n) is 5.35. The molecular formula is C29H29FN6O4. The van der Waals surface area contributed by atoms with Crippen molar-refractivity contribution in [3.05, 3.63) is 82.7 Å². The van der Waals surface area contributed by atoms with Crippen LogP contribution in [0.15, 0.2) is 48.7 Å². The van der Waals surface area contributed by atoms with E-state index in [1.54, 1.807) is 28.8 Å². The number of imidazole rings is 1. The summed E-state index contributed by atoms with van der Waals surface area (Å²) in [4.78, 5) is 18.5. The summed E-state index contributed by atoms with van der Waals surface area (Å²) in [5, 5.41) is 22.5. The number of fused-ring (bicyclic) bond motifs is 1. The number of aromatic carboxylic acids is 1. The van der Waals surface area contributed by atoms with E-state index in [0.717, 1.165) is 62.5 Å². The Kier molecular flexibility index (Phi) is 7.19. The smallest absolute Gasteiger partial charge is 0.356 e. The van der Waals surface area contributed by atoms with Gasteiger partial charge in [0.25, 0.3) is 0 Å². The summed E-state index contributed by atoms with van der Waals surface area (Å²) >= 11 is 0. The number of rotatable bonds is 9. The van der Waals surface area contributed by atoms with Crippen molar-refractivity contribution in [3.8, 4) is 11.9 Å². The molecule has 1 unspecified atom stereocenters. The first-order valence-corrected chi connectivity index (χ1v) is 13.4. The quantitative estimate of drug-likeness (QED) is 0.336. The minimum absolute atomic E-state index is 0.0337. The van der Waals surface area contributed by atoms with Gasteiger partial charge < -0.3 is 19.1 Å². The van der Waals surface area contributed by atoms with Crippen molar-refractivity contribution < 1.29 is 23.8 Å². The third kappa shape index (κ3) is 5.41. The van der Waals surface area contributed by atoms with Crippen molar-refractivity contribution in [1.82, 2.24) is 24.1 Å². The van der Waals surface area contributed by atoms with Crippen molar-refractivity contribution in [2.75, 3.05) is 19.7 Å². The lowest BCUT2D eigenvalue weighted by atomic mass is 9.93. The summed E-state index contributed by atoms with van der Waals surface area (Å²) in [5.74, 6) is -0.770. The van der Waals surface area contributed by atoms with E-state index in [1.165, 1.54) is 6.07 Å². The van der Waals surface area contributed by atoms with E-state index in [0.29, 0.717) is 18.0 Å². The minimum Gasteiger partial charge on any atom is -0.476 e. The van der Waals surface area contributed by atoms with Crippen molar-refractivity contribution in [1.29, 1.82) is 5.26 Å². The number of nitrogens with zero attached hydrogens (tertiary/aromatic N) is 6. The van der Waals surface area contributed by atoms with Crippen molar-refractivity contribution in [2.45, 2.75) is 51.0 Å². The molecule has 2 fully saturated rings. The predicted molar refractivity (Wildman–Crippen MR) is 141 cm³/mol. The van der Waals surface area contributed by atoms with Gasteiger partial charge >= 0.3 is 5.97 Å². The van der Waals surface area contributed by atoms with E-state index in [-0.39, 0.29) is 29.9 Å². The molecule has 0 spiro atoms. The van der Waals surface area contributed by atoms with E-state index in [4.69, 9.17) is 19.7 Å². The maximum Gasteiger partial charge on any atom is 0.356 e. The highest BCUT2D eigenvalue weighted by Gasteiger charge is 2.26. The molecule has 1 N–H and O–H groups in total. The van der Waals surface area contributed by atoms with Gasteiger partial charge in [-0.2, -0.15) is 10.4 Å². The number of benzene rings is 1. The molecule has 0 bridgehead atoms. The first-order chi connectivity index (χ1) is 19.5. The Balaban J connectivity index is 1.08. The molecule has 2 aliphatic rings. The van der Waals surface area contributed by atoms with Crippen LogP contribution in [0.3, 0.4) is 0 Å². The van der Waals surface area contributed by atoms with Gasteiger partial charge in [-0.1, -0.05) is 12.1 Å². The van der Waals surface area contributed by atoms with Crippen LogP contribution in [0.25, 0.3) is 5.65 Å². The molecule has 1 atom stereocenters. The molecule has 2 aliphatic heterocycles. The number of pyridine rings is 1. The molecule has 1 aromatic carbocycles. The van der Waals surface area contributed by atoms with Gasteiger partial charge in [-0.15, -0.1) is 0 Å². The Morgan fingerprint density at radius 3 is 2.73 bits per heavy atom. The summed E-state index contributed by atoms with van der Waals surface area (Å²) in [6.45, 7) is 3.99. The summed E-state index contributed by atoms with van der Waals surface area (Å²) in [6.07, 6.45) is 4.93. The lowest BCUT2D eigenvalue weighted by Gasteiger charge is -2.32. The molecule has 4 aromatic rings. The second-order valence-corrected chi connectivity index (χ2v) is 10.3. The van der Waals surface area contributed by atoms with Gasteiger partial charge in [-0.05, 0) is 50.6 Å². The molecule has 10 nitrogen and oxygen atoms in total. The Hall–Kier alpha value is -4.27. The van der Waals surface area contributed by atoms with E-state index >= 15 is 0 Å². The van der Waals surface area contributed by atoms with Gasteiger partial charge in [-0.3, -0.25) is 4.90 Å². The highest BCUT2D eigenvalue weighted by Crippen LogP contribution is 2.29. The maximum absolute atomic E-state index is 14.2. The standard InChI is InChI=1S/C29H29FN6O4/c30-24-12-19(14-31)4-5-21(24)18-40-27-3-1-2-25(32-27)20-6-9-34(10-7-20)15-22-16-36-28(13-26(33-36)29(37)38)35(22)17-23-8-11-39-23/h1-5,12-13,16,20,23H,6-11,15,17-18H2,(H,37,38). The SMILES string of the molecule is N#Cc1ccc(COc2cccc(C3CCN(Cc4cn5nc(C(=O)O)cc5n4CC4CCO4)CC3)n2)c(F)c1. The molecular weight excluding hydrogens is 515 g/mol. The molecule has 0 saturated carbocycles. The van der Waals surface area contributed by atoms with Crippen LogP contribution in [-0.4, -0.2) is 60.9 Å². The molecule has 40 heavy (non-hydrogen) atoms. The fraction of sp³-hybridized carbons (Fsp3) is 0.379. The van der Waals surface area contributed by atoms with E-state index in [1.807, 2.05) is 24.4 Å². The second kappa shape index (κ2) is 11.1. The van der Waals surface area contributed by atoms with E-state index in [2.05, 4.69) is 14.6 Å². The van der Waals surface area contributed by atoms with Gasteiger partial charge in [0.15, 0.2) is 5.69 Å². The first-order valence-electron chi connectivity index (χ1n) is 13.4. The number of ether oxygens (including phenoxy) is 2. The largest absolute Gasteiger partial charge is 0.476 e. The summed E-state index contributed by atoms with van der Waals surface area (Å²) < 4.78 is 29.4. The number of likely N-dealkylation sites (tertiary alicyclic amines) is 1. The molecule has 11 heteroatoms. The number of carboxylic acids is 1. The fourth-order valence-corrected chi connectivity index (χ4v) is 5.35. The average molecular weight is 545 g/mol. The van der Waals surface area contributed by atoms with E-state index in [9.17, 15) is 14.3 Å². The zero-order valence-corrected chi connectivity index (χ0v) is 21.9. The zero-order valence-electron chi connectivity index (χ0n) is 21.9. The lowest BCUT2D eigenvalue weighted by molar-refractivity contribution is -0.0591. The van der Waals surface area contributed by atoms with Crippen molar-refractivity contribution >= 4 is 11.6 Å². The molecule has 206 valence electrons. The van der Waals surface area contributed by atoms with Gasteiger partial charge in [0.2, 0.25) is 5.88 Å². The van der Waals surface area contributed by atoms with Crippen LogP contribution in [0.2, 0.25) is 0 Å². The number of nitriles is 1. The summed E-state index contributed by atoms with van der Waals surface area (Å²) in [6, 6.07) is 13.6. The molecule has 2 saturated heterocycles. The lowest BCUT2D eigenvalue weighted by Crippen LogP contribution is -2.35. The van der Waals surface area contributed by atoms with Gasteiger partial charge in [0.05, 0.1) is 36.2 Å². The maximum atomic E-state index is 14.2. The van der Waals surface area contributed by atoms with Crippen molar-refractivity contribution in [3.63, 3.8) is 0 Å². The predicted octanol–water partition coefficient (Wildman–Crippen LogP) is 3.99. The van der Waals surface area contributed by atoms with Crippen molar-refractivity contribution in [2.24, 2.45) is 0 Å². The Morgan fingerprint density at radius 2 is 2.02 bits per heavy atom. The van der Waals surface area contributed by atoms with Crippen LogP contribution in [0.4, 0.5) is 4.39 Å². The number of carbonyl (C=O) groups is 1. The normalized spacial score (nSPS) is 17.9. The van der Waals surface area contributed by atoms with Crippen LogP contribution in [-0.2, 0) is 24.4 Å². The third-order valence-electron chi connectivity index (χ3n) is 7.70. The van der Waals surface area contributed by atoms with Gasteiger partial charge in [-0.25, -0.2) is 18.7 Å². The zero-order chi connectivity index (χ0) is 27.6. The highest BCUT2D eigenvalue weighted by molar-refractivity contribution is 5.86. The monoisotopic (exact) mass is 544 g/mol. The minimum atomic E-state index is -1.04. The first kappa shape index (κ1) is 26.0. The molecule has 5 heterocycles. The van der Waals surface area contributed by atoms with Crippen LogP contribution >= 0.6 is 0 Å². The van der Waals surface area contributed by atoms with Gasteiger partial charge in [0, 0.05) is 42.5 Å². The summed E-state index contributed by atoms with van der Waals surface area (Å²) in [5.41, 5.74) is 3.49. The molecule has 3 aromatic heterocycles. The highest BCUT2D eigenvalue weighted by atomic mass is 19.1. The van der Waals surface area contributed by atoms with Crippen LogP contribution in [0.1, 0.15) is 58.2 Å². The number of piperidine rings is 1.